The van der Waals surface area contributed by atoms with Gasteiger partial charge in [0.1, 0.15) is 11.9 Å². The molecule has 1 fully saturated rings. The number of hydrogen-bond donors (Lipinski definition) is 1. The smallest absolute Gasteiger partial charge is 0.128 e. The molecule has 3 heteroatoms. The molecule has 0 radical (unpaired) electrons. The van der Waals surface area contributed by atoms with Gasteiger partial charge in [0.05, 0.1) is 0 Å². The van der Waals surface area contributed by atoms with Gasteiger partial charge in [0.2, 0.25) is 0 Å². The highest BCUT2D eigenvalue weighted by Gasteiger charge is 2.32. The second-order valence-electron chi connectivity index (χ2n) is 5.71. The topological polar surface area (TPSA) is 21.3 Å². The summed E-state index contributed by atoms with van der Waals surface area (Å²) in [7, 11) is 0. The molecule has 2 heterocycles. The Labute approximate surface area is 131 Å². The monoisotopic (exact) mass is 301 g/mol. The van der Waals surface area contributed by atoms with Crippen LogP contribution in [0.15, 0.2) is 48.5 Å². The molecule has 110 valence electrons. The lowest BCUT2D eigenvalue weighted by Gasteiger charge is -2.36. The maximum Gasteiger partial charge on any atom is 0.128 e. The Morgan fingerprint density at radius 3 is 2.33 bits per heavy atom. The summed E-state index contributed by atoms with van der Waals surface area (Å²) in [4.78, 5) is 0. The van der Waals surface area contributed by atoms with Gasteiger partial charge in [-0.25, -0.2) is 0 Å². The first-order valence-corrected chi connectivity index (χ1v) is 7.49. The molecule has 1 N–H and O–H groups in total. The van der Waals surface area contributed by atoms with E-state index in [-0.39, 0.29) is 18.5 Å². The highest BCUT2D eigenvalue weighted by atomic mass is 35.5. The molecule has 0 amide bonds. The molecule has 1 saturated heterocycles. The summed E-state index contributed by atoms with van der Waals surface area (Å²) in [6.45, 7) is 2.21. The van der Waals surface area contributed by atoms with Crippen LogP contribution in [0, 0.1) is 5.92 Å². The van der Waals surface area contributed by atoms with Gasteiger partial charge < -0.3 is 10.1 Å². The zero-order valence-corrected chi connectivity index (χ0v) is 12.7. The average Bonchev–Trinajstić information content (AvgIpc) is 2.55. The number of para-hydroxylation sites is 1. The highest BCUT2D eigenvalue weighted by molar-refractivity contribution is 5.85. The van der Waals surface area contributed by atoms with Gasteiger partial charge in [-0.3, -0.25) is 0 Å². The summed E-state index contributed by atoms with van der Waals surface area (Å²) in [5.41, 5.74) is 3.93. The molecule has 1 atom stereocenters. The van der Waals surface area contributed by atoms with Gasteiger partial charge in [0.25, 0.3) is 0 Å². The molecule has 0 aromatic heterocycles. The Morgan fingerprint density at radius 1 is 0.857 bits per heavy atom. The fraction of sp³-hybridized carbons (Fsp3) is 0.333. The van der Waals surface area contributed by atoms with E-state index in [1.54, 1.807) is 0 Å². The van der Waals surface area contributed by atoms with E-state index < -0.39 is 0 Å². The maximum absolute atomic E-state index is 6.37. The van der Waals surface area contributed by atoms with Crippen molar-refractivity contribution in [3.63, 3.8) is 0 Å². The number of nitrogens with one attached hydrogen (secondary N) is 1. The van der Waals surface area contributed by atoms with Crippen molar-refractivity contribution in [3.05, 3.63) is 54.1 Å². The Balaban J connectivity index is 0.00000132. The lowest BCUT2D eigenvalue weighted by molar-refractivity contribution is 0.110. The van der Waals surface area contributed by atoms with Crippen LogP contribution in [0.4, 0.5) is 0 Å². The van der Waals surface area contributed by atoms with E-state index in [9.17, 15) is 0 Å². The van der Waals surface area contributed by atoms with Gasteiger partial charge in [-0.15, -0.1) is 12.4 Å². The molecular weight excluding hydrogens is 282 g/mol. The van der Waals surface area contributed by atoms with Crippen LogP contribution in [-0.4, -0.2) is 13.1 Å². The minimum atomic E-state index is 0. The number of ether oxygens (including phenoxy) is 1. The Morgan fingerprint density at radius 2 is 1.52 bits per heavy atom. The van der Waals surface area contributed by atoms with Gasteiger partial charge in [-0.1, -0.05) is 42.5 Å². The Hall–Kier alpha value is -1.51. The standard InChI is InChI=1S/C18H19NO.ClH/c1-2-7-16-14(5-1)15-6-3-4-8-17(15)20-18(16)13-9-11-19-12-10-13;/h1-8,13,18-19H,9-12H2;1H. The molecule has 2 aromatic rings. The predicted octanol–water partition coefficient (Wildman–Crippen LogP) is 4.21. The molecular formula is C18H20ClNO. The second kappa shape index (κ2) is 6.08. The number of hydrogen-bond acceptors (Lipinski definition) is 2. The number of rotatable bonds is 1. The number of halogens is 1. The first-order chi connectivity index (χ1) is 9.93. The fourth-order valence-electron chi connectivity index (χ4n) is 3.48. The van der Waals surface area contributed by atoms with Crippen molar-refractivity contribution >= 4 is 12.4 Å². The average molecular weight is 302 g/mol. The molecule has 0 aliphatic carbocycles. The van der Waals surface area contributed by atoms with E-state index in [1.165, 1.54) is 29.5 Å². The molecule has 2 aliphatic heterocycles. The van der Waals surface area contributed by atoms with Crippen LogP contribution in [0.2, 0.25) is 0 Å². The normalized spacial score (nSPS) is 20.7. The van der Waals surface area contributed by atoms with E-state index in [0.29, 0.717) is 5.92 Å². The van der Waals surface area contributed by atoms with Crippen LogP contribution in [-0.2, 0) is 0 Å². The number of fused-ring (bicyclic) bond motifs is 3. The molecule has 21 heavy (non-hydrogen) atoms. The van der Waals surface area contributed by atoms with Crippen LogP contribution >= 0.6 is 12.4 Å². The van der Waals surface area contributed by atoms with Crippen LogP contribution < -0.4 is 10.1 Å². The van der Waals surface area contributed by atoms with Crippen molar-refractivity contribution in [1.82, 2.24) is 5.32 Å². The lowest BCUT2D eigenvalue weighted by atomic mass is 9.83. The first-order valence-electron chi connectivity index (χ1n) is 7.49. The van der Waals surface area contributed by atoms with E-state index in [4.69, 9.17) is 4.74 Å². The van der Waals surface area contributed by atoms with Crippen molar-refractivity contribution in [1.29, 1.82) is 0 Å². The van der Waals surface area contributed by atoms with Crippen molar-refractivity contribution in [2.24, 2.45) is 5.92 Å². The van der Waals surface area contributed by atoms with Crippen molar-refractivity contribution in [2.45, 2.75) is 18.9 Å². The van der Waals surface area contributed by atoms with Crippen molar-refractivity contribution in [3.8, 4) is 16.9 Å². The minimum Gasteiger partial charge on any atom is -0.485 e. The summed E-state index contributed by atoms with van der Waals surface area (Å²) in [5, 5.41) is 3.44. The molecule has 2 aliphatic rings. The summed E-state index contributed by atoms with van der Waals surface area (Å²) >= 11 is 0. The molecule has 4 rings (SSSR count). The van der Waals surface area contributed by atoms with Crippen LogP contribution in [0.1, 0.15) is 24.5 Å². The fourth-order valence-corrected chi connectivity index (χ4v) is 3.48. The third-order valence-electron chi connectivity index (χ3n) is 4.51. The lowest BCUT2D eigenvalue weighted by Crippen LogP contribution is -2.33. The third-order valence-corrected chi connectivity index (χ3v) is 4.51. The molecule has 0 spiro atoms. The summed E-state index contributed by atoms with van der Waals surface area (Å²) in [5.74, 6) is 1.65. The van der Waals surface area contributed by atoms with Crippen molar-refractivity contribution in [2.75, 3.05) is 13.1 Å². The Kier molecular flexibility index (Phi) is 4.18. The molecule has 0 saturated carbocycles. The number of piperidine rings is 1. The van der Waals surface area contributed by atoms with Crippen LogP contribution in [0.3, 0.4) is 0 Å². The summed E-state index contributed by atoms with van der Waals surface area (Å²) in [6, 6.07) is 17.1. The minimum absolute atomic E-state index is 0. The van der Waals surface area contributed by atoms with Gasteiger partial charge in [0.15, 0.2) is 0 Å². The van der Waals surface area contributed by atoms with E-state index in [2.05, 4.69) is 53.8 Å². The van der Waals surface area contributed by atoms with E-state index >= 15 is 0 Å². The molecule has 0 bridgehead atoms. The Bertz CT molecular complexity index is 622. The van der Waals surface area contributed by atoms with E-state index in [0.717, 1.165) is 18.8 Å². The zero-order chi connectivity index (χ0) is 13.4. The SMILES string of the molecule is Cl.c1ccc2c(c1)OC(C1CCNCC1)c1ccccc1-2. The van der Waals surface area contributed by atoms with Gasteiger partial charge in [0, 0.05) is 17.0 Å². The summed E-state index contributed by atoms with van der Waals surface area (Å²) < 4.78 is 6.37. The molecule has 1 unspecified atom stereocenters. The summed E-state index contributed by atoms with van der Waals surface area (Å²) in [6.07, 6.45) is 2.60. The van der Waals surface area contributed by atoms with Crippen LogP contribution in [0.25, 0.3) is 11.1 Å². The third kappa shape index (κ3) is 2.54. The van der Waals surface area contributed by atoms with Crippen molar-refractivity contribution < 1.29 is 4.74 Å². The molecule has 2 nitrogen and oxygen atoms in total. The van der Waals surface area contributed by atoms with Gasteiger partial charge in [-0.2, -0.15) is 0 Å². The number of benzene rings is 2. The van der Waals surface area contributed by atoms with E-state index in [1.807, 2.05) is 0 Å². The second-order valence-corrected chi connectivity index (χ2v) is 5.71. The van der Waals surface area contributed by atoms with Gasteiger partial charge >= 0.3 is 0 Å². The first kappa shape index (κ1) is 14.4. The largest absolute Gasteiger partial charge is 0.485 e. The molecule has 2 aromatic carbocycles. The zero-order valence-electron chi connectivity index (χ0n) is 11.9. The predicted molar refractivity (Wildman–Crippen MR) is 88.1 cm³/mol. The quantitative estimate of drug-likeness (QED) is 0.852. The van der Waals surface area contributed by atoms with Crippen LogP contribution in [0.5, 0.6) is 5.75 Å². The maximum atomic E-state index is 6.37. The van der Waals surface area contributed by atoms with Gasteiger partial charge in [-0.05, 0) is 37.6 Å². The highest BCUT2D eigenvalue weighted by Crippen LogP contribution is 2.46.